The largest absolute Gasteiger partial charge is 0.493 e. The van der Waals surface area contributed by atoms with Crippen LogP contribution in [0.5, 0.6) is 11.5 Å². The highest BCUT2D eigenvalue weighted by Gasteiger charge is 2.30. The van der Waals surface area contributed by atoms with Crippen molar-refractivity contribution in [3.63, 3.8) is 0 Å². The molecule has 0 spiro atoms. The zero-order valence-electron chi connectivity index (χ0n) is 15.8. The molecule has 146 valence electrons. The van der Waals surface area contributed by atoms with Gasteiger partial charge in [-0.3, -0.25) is 9.69 Å². The van der Waals surface area contributed by atoms with Crippen molar-refractivity contribution in [2.75, 3.05) is 13.7 Å². The summed E-state index contributed by atoms with van der Waals surface area (Å²) in [5.41, 5.74) is 3.19. The van der Waals surface area contributed by atoms with E-state index in [0.29, 0.717) is 33.9 Å². The lowest BCUT2D eigenvalue weighted by Crippen LogP contribution is -2.27. The Morgan fingerprint density at radius 1 is 1.25 bits per heavy atom. The SMILES string of the molecule is CCN1C(=O)/C(=C\c2cc(I)c(OCc3ccc(C)cc3)c(OC)c2)SC1=S. The molecule has 0 aliphatic carbocycles. The Kier molecular flexibility index (Phi) is 7.00. The van der Waals surface area contributed by atoms with Crippen LogP contribution >= 0.6 is 46.6 Å². The van der Waals surface area contributed by atoms with E-state index in [9.17, 15) is 4.79 Å². The summed E-state index contributed by atoms with van der Waals surface area (Å²) < 4.78 is 13.1. The maximum atomic E-state index is 12.4. The van der Waals surface area contributed by atoms with E-state index in [1.807, 2.05) is 25.1 Å². The number of thioether (sulfide) groups is 1. The average molecular weight is 525 g/mol. The van der Waals surface area contributed by atoms with Gasteiger partial charge in [-0.2, -0.15) is 0 Å². The second-order valence-electron chi connectivity index (χ2n) is 6.23. The highest BCUT2D eigenvalue weighted by molar-refractivity contribution is 14.1. The molecule has 1 aliphatic rings. The quantitative estimate of drug-likeness (QED) is 0.287. The zero-order chi connectivity index (χ0) is 20.3. The van der Waals surface area contributed by atoms with Crippen molar-refractivity contribution in [1.82, 2.24) is 4.90 Å². The van der Waals surface area contributed by atoms with Crippen molar-refractivity contribution in [3.8, 4) is 11.5 Å². The minimum atomic E-state index is -0.0498. The standard InChI is InChI=1S/C21H20INO3S2/c1-4-23-20(24)18(28-21(23)27)11-15-9-16(22)19(17(10-15)25-3)26-12-14-7-5-13(2)6-8-14/h5-11H,4,12H2,1-3H3/b18-11+. The number of hydrogen-bond donors (Lipinski definition) is 0. The van der Waals surface area contributed by atoms with E-state index in [0.717, 1.165) is 14.7 Å². The Morgan fingerprint density at radius 2 is 1.96 bits per heavy atom. The summed E-state index contributed by atoms with van der Waals surface area (Å²) in [6.45, 7) is 5.01. The normalized spacial score (nSPS) is 15.4. The van der Waals surface area contributed by atoms with Crippen LogP contribution in [0.4, 0.5) is 0 Å². The number of methoxy groups -OCH3 is 1. The summed E-state index contributed by atoms with van der Waals surface area (Å²) in [6.07, 6.45) is 1.85. The first kappa shape index (κ1) is 21.1. The highest BCUT2D eigenvalue weighted by atomic mass is 127. The average Bonchev–Trinajstić information content (AvgIpc) is 2.94. The maximum absolute atomic E-state index is 12.4. The molecule has 0 saturated carbocycles. The number of thiocarbonyl (C=S) groups is 1. The molecule has 2 aromatic rings. The summed E-state index contributed by atoms with van der Waals surface area (Å²) in [7, 11) is 1.62. The van der Waals surface area contributed by atoms with Gasteiger partial charge in [0.05, 0.1) is 15.6 Å². The molecule has 0 aromatic heterocycles. The molecule has 1 fully saturated rings. The summed E-state index contributed by atoms with van der Waals surface area (Å²) >= 11 is 8.83. The minimum Gasteiger partial charge on any atom is -0.493 e. The van der Waals surface area contributed by atoms with Gasteiger partial charge in [-0.1, -0.05) is 53.8 Å². The van der Waals surface area contributed by atoms with Gasteiger partial charge >= 0.3 is 0 Å². The zero-order valence-corrected chi connectivity index (χ0v) is 19.6. The van der Waals surface area contributed by atoms with E-state index in [1.165, 1.54) is 17.3 Å². The molecule has 1 heterocycles. The first-order valence-corrected chi connectivity index (χ1v) is 11.0. The number of carbonyl (C=O) groups excluding carboxylic acids is 1. The van der Waals surface area contributed by atoms with Crippen molar-refractivity contribution < 1.29 is 14.3 Å². The van der Waals surface area contributed by atoms with Crippen molar-refractivity contribution in [3.05, 3.63) is 61.6 Å². The smallest absolute Gasteiger partial charge is 0.266 e. The Morgan fingerprint density at radius 3 is 2.57 bits per heavy atom. The van der Waals surface area contributed by atoms with E-state index in [4.69, 9.17) is 21.7 Å². The third-order valence-electron chi connectivity index (χ3n) is 4.24. The molecule has 0 N–H and O–H groups in total. The van der Waals surface area contributed by atoms with Gasteiger partial charge in [0.1, 0.15) is 10.9 Å². The lowest BCUT2D eigenvalue weighted by atomic mass is 10.1. The Hall–Kier alpha value is -1.58. The molecule has 1 amide bonds. The number of carbonyl (C=O) groups is 1. The summed E-state index contributed by atoms with van der Waals surface area (Å²) in [5, 5.41) is 0. The Balaban J connectivity index is 1.83. The topological polar surface area (TPSA) is 38.8 Å². The fourth-order valence-corrected chi connectivity index (χ4v) is 4.89. The van der Waals surface area contributed by atoms with Crippen LogP contribution in [-0.2, 0) is 11.4 Å². The molecular weight excluding hydrogens is 505 g/mol. The number of aryl methyl sites for hydroxylation is 1. The van der Waals surface area contributed by atoms with Gasteiger partial charge in [-0.05, 0) is 65.8 Å². The molecular formula is C21H20INO3S2. The molecule has 0 atom stereocenters. The van der Waals surface area contributed by atoms with Crippen LogP contribution in [0.25, 0.3) is 6.08 Å². The lowest BCUT2D eigenvalue weighted by molar-refractivity contribution is -0.121. The van der Waals surface area contributed by atoms with Crippen LogP contribution in [0, 0.1) is 10.5 Å². The van der Waals surface area contributed by atoms with E-state index in [1.54, 1.807) is 12.0 Å². The number of rotatable bonds is 6. The van der Waals surface area contributed by atoms with E-state index in [-0.39, 0.29) is 5.91 Å². The number of hydrogen-bond acceptors (Lipinski definition) is 5. The summed E-state index contributed by atoms with van der Waals surface area (Å²) in [5.74, 6) is 1.28. The minimum absolute atomic E-state index is 0.0498. The second kappa shape index (κ2) is 9.28. The van der Waals surface area contributed by atoms with Crippen LogP contribution in [0.3, 0.4) is 0 Å². The predicted octanol–water partition coefficient (Wildman–Crippen LogP) is 5.41. The molecule has 1 aliphatic heterocycles. The monoisotopic (exact) mass is 525 g/mol. The highest BCUT2D eigenvalue weighted by Crippen LogP contribution is 2.37. The van der Waals surface area contributed by atoms with E-state index >= 15 is 0 Å². The van der Waals surface area contributed by atoms with Crippen LogP contribution in [0.1, 0.15) is 23.6 Å². The van der Waals surface area contributed by atoms with Gasteiger partial charge in [0.2, 0.25) is 0 Å². The molecule has 3 rings (SSSR count). The third kappa shape index (κ3) is 4.69. The van der Waals surface area contributed by atoms with Crippen LogP contribution < -0.4 is 9.47 Å². The second-order valence-corrected chi connectivity index (χ2v) is 9.07. The van der Waals surface area contributed by atoms with Gasteiger partial charge in [0, 0.05) is 6.54 Å². The van der Waals surface area contributed by atoms with Crippen LogP contribution in [0.2, 0.25) is 0 Å². The van der Waals surface area contributed by atoms with Crippen molar-refractivity contribution in [2.45, 2.75) is 20.5 Å². The van der Waals surface area contributed by atoms with Crippen molar-refractivity contribution >= 4 is 62.9 Å². The maximum Gasteiger partial charge on any atom is 0.266 e. The molecule has 1 saturated heterocycles. The number of likely N-dealkylation sites (N-methyl/N-ethyl adjacent to an activating group) is 1. The van der Waals surface area contributed by atoms with Gasteiger partial charge in [-0.25, -0.2) is 0 Å². The lowest BCUT2D eigenvalue weighted by Gasteiger charge is -2.14. The fourth-order valence-electron chi connectivity index (χ4n) is 2.73. The van der Waals surface area contributed by atoms with Gasteiger partial charge in [0.25, 0.3) is 5.91 Å². The molecule has 0 bridgehead atoms. The molecule has 4 nitrogen and oxygen atoms in total. The number of ether oxygens (including phenoxy) is 2. The summed E-state index contributed by atoms with van der Waals surface area (Å²) in [6, 6.07) is 12.1. The first-order chi connectivity index (χ1) is 13.4. The van der Waals surface area contributed by atoms with Crippen LogP contribution in [0.15, 0.2) is 41.3 Å². The molecule has 0 radical (unpaired) electrons. The molecule has 0 unspecified atom stereocenters. The number of nitrogens with zero attached hydrogens (tertiary/aromatic N) is 1. The van der Waals surface area contributed by atoms with E-state index < -0.39 is 0 Å². The van der Waals surface area contributed by atoms with Crippen molar-refractivity contribution in [2.24, 2.45) is 0 Å². The molecule has 2 aromatic carbocycles. The number of benzene rings is 2. The van der Waals surface area contributed by atoms with Gasteiger partial charge in [-0.15, -0.1) is 0 Å². The predicted molar refractivity (Wildman–Crippen MR) is 127 cm³/mol. The number of halogens is 1. The number of amides is 1. The van der Waals surface area contributed by atoms with E-state index in [2.05, 4.69) is 53.8 Å². The third-order valence-corrected chi connectivity index (χ3v) is 6.42. The van der Waals surface area contributed by atoms with Crippen molar-refractivity contribution in [1.29, 1.82) is 0 Å². The molecule has 28 heavy (non-hydrogen) atoms. The Bertz CT molecular complexity index is 941. The van der Waals surface area contributed by atoms with Gasteiger partial charge < -0.3 is 9.47 Å². The summed E-state index contributed by atoms with van der Waals surface area (Å²) in [4.78, 5) is 14.7. The van der Waals surface area contributed by atoms with Crippen LogP contribution in [-0.4, -0.2) is 28.8 Å². The Labute approximate surface area is 188 Å². The fraction of sp³-hybridized carbons (Fsp3) is 0.238. The molecule has 7 heteroatoms. The van der Waals surface area contributed by atoms with Gasteiger partial charge in [0.15, 0.2) is 11.5 Å². The first-order valence-electron chi connectivity index (χ1n) is 8.74.